The Bertz CT molecular complexity index is 2510. The maximum Gasteiger partial charge on any atom is 0.303 e. The molecule has 2 aliphatic heterocycles. The number of unbranched alkanes of at least 4 members (excludes halogenated alkanes) is 1. The highest BCUT2D eigenvalue weighted by molar-refractivity contribution is 7.86. The van der Waals surface area contributed by atoms with Gasteiger partial charge in [0.15, 0.2) is 12.3 Å². The first-order valence-electron chi connectivity index (χ1n) is 17.2. The number of nitrogens with zero attached hydrogens (tertiary/aromatic N) is 2. The Morgan fingerprint density at radius 1 is 0.750 bits per heavy atom. The van der Waals surface area contributed by atoms with E-state index in [0.717, 1.165) is 0 Å². The van der Waals surface area contributed by atoms with Crippen LogP contribution in [0.2, 0.25) is 0 Å². The van der Waals surface area contributed by atoms with Crippen LogP contribution in [0.1, 0.15) is 64.5 Å². The highest BCUT2D eigenvalue weighted by atomic mass is 32.2. The molecule has 0 spiro atoms. The average molecular weight is 858 g/mol. The number of benzene rings is 2. The van der Waals surface area contributed by atoms with E-state index in [1.807, 2.05) is 0 Å². The fraction of sp³-hybridized carbons (Fsp3) is 0.389. The van der Waals surface area contributed by atoms with Gasteiger partial charge >= 0.3 is 5.97 Å². The monoisotopic (exact) mass is 857 g/mol. The van der Waals surface area contributed by atoms with E-state index in [2.05, 4.69) is 0 Å². The molecular formula is C36H45N2O14S4+. The summed E-state index contributed by atoms with van der Waals surface area (Å²) in [5.41, 5.74) is 1.87. The zero-order valence-electron chi connectivity index (χ0n) is 31.0. The van der Waals surface area contributed by atoms with Gasteiger partial charge in [0.05, 0.1) is 21.0 Å². The predicted octanol–water partition coefficient (Wildman–Crippen LogP) is 4.70. The standard InChI is InChI=1S/C36H44N2O14S4/c1-35(2)28-23-26(55(47,48)49)15-17-30(28)37(19-21-53(41,42)43)32(35)12-7-10-25(9-5-6-14-34(39)40)11-8-13-33-36(3,4)29-24-27(56(50,51)52)16-18-31(29)38(33)20-22-54(44,45)46/h7-8,10-13,15-18,23-24H,5-6,9,14,19-22H2,1-4H3,(H4-,39,40,41,42,43,44,45,46,47,48,49,50,51,52)/p+1. The van der Waals surface area contributed by atoms with Gasteiger partial charge in [0.2, 0.25) is 5.69 Å². The fourth-order valence-corrected chi connectivity index (χ4v) is 8.72. The van der Waals surface area contributed by atoms with Gasteiger partial charge in [0.25, 0.3) is 40.5 Å². The van der Waals surface area contributed by atoms with E-state index < -0.39 is 68.8 Å². The number of fused-ring (bicyclic) bond motifs is 2. The largest absolute Gasteiger partial charge is 0.481 e. The minimum Gasteiger partial charge on any atom is -0.481 e. The normalized spacial score (nSPS) is 18.0. The van der Waals surface area contributed by atoms with Crippen molar-refractivity contribution >= 4 is 63.5 Å². The van der Waals surface area contributed by atoms with Crippen molar-refractivity contribution in [2.24, 2.45) is 0 Å². The van der Waals surface area contributed by atoms with Crippen LogP contribution in [0.5, 0.6) is 0 Å². The number of allylic oxidation sites excluding steroid dienone is 8. The van der Waals surface area contributed by atoms with Gasteiger partial charge in [-0.2, -0.15) is 38.2 Å². The third kappa shape index (κ3) is 10.9. The molecule has 2 aliphatic rings. The summed E-state index contributed by atoms with van der Waals surface area (Å²) in [5, 5.41) is 9.15. The quantitative estimate of drug-likeness (QED) is 0.0625. The molecule has 4 rings (SSSR count). The van der Waals surface area contributed by atoms with Crippen LogP contribution in [0.4, 0.5) is 11.4 Å². The highest BCUT2D eigenvalue weighted by Crippen LogP contribution is 2.48. The molecule has 5 N–H and O–H groups in total. The summed E-state index contributed by atoms with van der Waals surface area (Å²) in [6, 6.07) is 7.86. The SMILES string of the molecule is CC1(C)C(/C=C/C=C(/C=C/C=C2/N(CCS(=O)(=O)O)c3ccc(S(=O)(=O)O)cc3C2(C)C)CCCCC(=O)O)=[N+](CCS(=O)(=O)O)c2ccc(S(=O)(=O)O)cc21. The predicted molar refractivity (Wildman–Crippen MR) is 209 cm³/mol. The van der Waals surface area contributed by atoms with Crippen molar-refractivity contribution in [3.05, 3.63) is 95.3 Å². The molecule has 56 heavy (non-hydrogen) atoms. The van der Waals surface area contributed by atoms with Crippen LogP contribution in [0.15, 0.2) is 93.9 Å². The van der Waals surface area contributed by atoms with E-state index in [1.165, 1.54) is 36.4 Å². The molecule has 0 atom stereocenters. The van der Waals surface area contributed by atoms with Gasteiger partial charge < -0.3 is 10.0 Å². The second-order valence-electron chi connectivity index (χ2n) is 14.4. The van der Waals surface area contributed by atoms with Crippen molar-refractivity contribution in [1.82, 2.24) is 0 Å². The molecule has 306 valence electrons. The van der Waals surface area contributed by atoms with E-state index in [-0.39, 0.29) is 29.3 Å². The number of hydrogen-bond acceptors (Lipinski definition) is 10. The van der Waals surface area contributed by atoms with Crippen LogP contribution < -0.4 is 4.90 Å². The second kappa shape index (κ2) is 16.5. The lowest BCUT2D eigenvalue weighted by Gasteiger charge is -2.26. The number of aliphatic carboxylic acids is 1. The Balaban J connectivity index is 1.78. The smallest absolute Gasteiger partial charge is 0.303 e. The molecule has 0 saturated carbocycles. The first-order valence-corrected chi connectivity index (χ1v) is 23.3. The summed E-state index contributed by atoms with van der Waals surface area (Å²) in [5.74, 6) is -2.23. The van der Waals surface area contributed by atoms with Crippen molar-refractivity contribution in [2.75, 3.05) is 29.5 Å². The van der Waals surface area contributed by atoms with Crippen molar-refractivity contribution in [3.63, 3.8) is 0 Å². The Kier molecular flexibility index (Phi) is 13.1. The molecule has 0 aromatic heterocycles. The van der Waals surface area contributed by atoms with Crippen LogP contribution in [-0.4, -0.2) is 97.8 Å². The molecule has 0 aliphatic carbocycles. The zero-order chi connectivity index (χ0) is 42.1. The van der Waals surface area contributed by atoms with E-state index in [0.29, 0.717) is 58.7 Å². The fourth-order valence-electron chi connectivity index (χ4n) is 6.88. The van der Waals surface area contributed by atoms with Gasteiger partial charge in [-0.05, 0) is 80.7 Å². The molecule has 0 radical (unpaired) electrons. The van der Waals surface area contributed by atoms with Gasteiger partial charge in [0.1, 0.15) is 5.75 Å². The third-order valence-corrected chi connectivity index (χ3v) is 12.8. The summed E-state index contributed by atoms with van der Waals surface area (Å²) < 4.78 is 135. The molecule has 2 aromatic carbocycles. The first-order chi connectivity index (χ1) is 25.6. The summed E-state index contributed by atoms with van der Waals surface area (Å²) in [6.45, 7) is 6.76. The van der Waals surface area contributed by atoms with E-state index in [1.54, 1.807) is 73.6 Å². The lowest BCUT2D eigenvalue weighted by molar-refractivity contribution is -0.432. The molecular weight excluding hydrogens is 813 g/mol. The van der Waals surface area contributed by atoms with Crippen LogP contribution >= 0.6 is 0 Å². The summed E-state index contributed by atoms with van der Waals surface area (Å²) in [7, 11) is -17.9. The first kappa shape index (κ1) is 44.7. The number of carbonyl (C=O) groups is 1. The van der Waals surface area contributed by atoms with E-state index >= 15 is 0 Å². The van der Waals surface area contributed by atoms with Gasteiger partial charge in [-0.25, -0.2) is 0 Å². The third-order valence-electron chi connectivity index (χ3n) is 9.70. The second-order valence-corrected chi connectivity index (χ2v) is 20.4. The number of carboxylic acids is 1. The van der Waals surface area contributed by atoms with E-state index in [4.69, 9.17) is 5.11 Å². The van der Waals surface area contributed by atoms with Crippen LogP contribution in [0.3, 0.4) is 0 Å². The topological polar surface area (TPSA) is 261 Å². The van der Waals surface area contributed by atoms with Crippen LogP contribution in [0, 0.1) is 0 Å². The van der Waals surface area contributed by atoms with E-state index in [9.17, 15) is 56.7 Å². The lowest BCUT2D eigenvalue weighted by atomic mass is 9.81. The summed E-state index contributed by atoms with van der Waals surface area (Å²) in [6.07, 6.45) is 11.4. The number of carboxylic acid groups (broad SMARTS) is 1. The maximum absolute atomic E-state index is 11.9. The van der Waals surface area contributed by atoms with Gasteiger partial charge in [-0.15, -0.1) is 0 Å². The minimum absolute atomic E-state index is 0.0593. The number of rotatable bonds is 17. The molecule has 2 heterocycles. The average Bonchev–Trinajstić information content (AvgIpc) is 3.40. The molecule has 0 fully saturated rings. The molecule has 0 unspecified atom stereocenters. The Hall–Kier alpha value is -4.02. The minimum atomic E-state index is -4.56. The van der Waals surface area contributed by atoms with Crippen molar-refractivity contribution in [1.29, 1.82) is 0 Å². The Labute approximate surface area is 327 Å². The Morgan fingerprint density at radius 2 is 1.32 bits per heavy atom. The molecule has 20 heteroatoms. The molecule has 16 nitrogen and oxygen atoms in total. The molecule has 0 bridgehead atoms. The summed E-state index contributed by atoms with van der Waals surface area (Å²) in [4.78, 5) is 12.1. The molecule has 0 saturated heterocycles. The number of hydrogen-bond donors (Lipinski definition) is 5. The van der Waals surface area contributed by atoms with Gasteiger partial charge in [0, 0.05) is 47.5 Å². The molecule has 2 aromatic rings. The lowest BCUT2D eigenvalue weighted by Crippen LogP contribution is -2.30. The zero-order valence-corrected chi connectivity index (χ0v) is 34.3. The van der Waals surface area contributed by atoms with Crippen molar-refractivity contribution < 1.29 is 66.4 Å². The maximum atomic E-state index is 11.9. The van der Waals surface area contributed by atoms with Gasteiger partial charge in [-0.1, -0.05) is 38.2 Å². The van der Waals surface area contributed by atoms with Crippen LogP contribution in [0.25, 0.3) is 0 Å². The Morgan fingerprint density at radius 3 is 1.89 bits per heavy atom. The van der Waals surface area contributed by atoms with Crippen LogP contribution in [-0.2, 0) is 56.1 Å². The van der Waals surface area contributed by atoms with Gasteiger partial charge in [-0.3, -0.25) is 23.0 Å². The molecule has 0 amide bonds. The van der Waals surface area contributed by atoms with Crippen molar-refractivity contribution in [3.8, 4) is 0 Å². The van der Waals surface area contributed by atoms with Crippen molar-refractivity contribution in [2.45, 2.75) is 74.0 Å². The summed E-state index contributed by atoms with van der Waals surface area (Å²) >= 11 is 0. The number of anilines is 1. The highest BCUT2D eigenvalue weighted by Gasteiger charge is 2.45.